The Morgan fingerprint density at radius 3 is 2.17 bits per heavy atom. The van der Waals surface area contributed by atoms with Gasteiger partial charge in [0.05, 0.1) is 30.6 Å². The minimum atomic E-state index is -3.09. The highest BCUT2D eigenvalue weighted by Crippen LogP contribution is 2.25. The van der Waals surface area contributed by atoms with E-state index in [1.54, 1.807) is 4.90 Å². The molecule has 0 radical (unpaired) electrons. The van der Waals surface area contributed by atoms with Gasteiger partial charge in [-0.1, -0.05) is 18.2 Å². The number of carbonyl (C=O) groups excluding carboxylic acids is 2. The highest BCUT2D eigenvalue weighted by Gasteiger charge is 2.36. The molecule has 0 spiro atoms. The van der Waals surface area contributed by atoms with E-state index in [2.05, 4.69) is 15.1 Å². The molecule has 164 valence electrons. The van der Waals surface area contributed by atoms with E-state index in [1.807, 2.05) is 30.3 Å². The van der Waals surface area contributed by atoms with Crippen LogP contribution in [-0.4, -0.2) is 92.9 Å². The summed E-state index contributed by atoms with van der Waals surface area (Å²) in [6.45, 7) is 3.59. The summed E-state index contributed by atoms with van der Waals surface area (Å²) in [5, 5.41) is 3.01. The van der Waals surface area contributed by atoms with Crippen LogP contribution in [0.3, 0.4) is 0 Å². The zero-order chi connectivity index (χ0) is 21.1. The Bertz CT molecular complexity index is 864. The first-order valence-electron chi connectivity index (χ1n) is 10.7. The van der Waals surface area contributed by atoms with Crippen LogP contribution in [0.4, 0.5) is 5.69 Å². The SMILES string of the molecule is O=C(CN1CCN(CC(=O)N(c2ccccc2)[C@@H]2CCS(=O)(=O)C2)CC1)NC1CC1. The molecule has 0 bridgehead atoms. The summed E-state index contributed by atoms with van der Waals surface area (Å²) < 4.78 is 24.0. The molecule has 2 amide bonds. The van der Waals surface area contributed by atoms with Crippen LogP contribution in [0.15, 0.2) is 30.3 Å². The molecule has 1 atom stereocenters. The number of piperazine rings is 1. The first-order chi connectivity index (χ1) is 14.4. The molecule has 2 aliphatic heterocycles. The van der Waals surface area contributed by atoms with E-state index in [0.29, 0.717) is 32.1 Å². The van der Waals surface area contributed by atoms with E-state index < -0.39 is 9.84 Å². The van der Waals surface area contributed by atoms with Crippen LogP contribution >= 0.6 is 0 Å². The number of nitrogens with one attached hydrogen (secondary N) is 1. The lowest BCUT2D eigenvalue weighted by molar-refractivity contribution is -0.124. The predicted molar refractivity (Wildman–Crippen MR) is 115 cm³/mol. The molecule has 8 nitrogen and oxygen atoms in total. The van der Waals surface area contributed by atoms with Crippen molar-refractivity contribution in [3.63, 3.8) is 0 Å². The zero-order valence-corrected chi connectivity index (χ0v) is 18.0. The number of anilines is 1. The van der Waals surface area contributed by atoms with Crippen molar-refractivity contribution >= 4 is 27.3 Å². The summed E-state index contributed by atoms with van der Waals surface area (Å²) in [7, 11) is -3.09. The van der Waals surface area contributed by atoms with Crippen LogP contribution < -0.4 is 10.2 Å². The Balaban J connectivity index is 1.33. The fraction of sp³-hybridized carbons (Fsp3) is 0.619. The molecule has 1 aromatic carbocycles. The summed E-state index contributed by atoms with van der Waals surface area (Å²) in [5.74, 6) is 0.177. The molecule has 1 aliphatic carbocycles. The lowest BCUT2D eigenvalue weighted by atomic mass is 10.1. The number of benzene rings is 1. The van der Waals surface area contributed by atoms with Crippen LogP contribution in [0.1, 0.15) is 19.3 Å². The van der Waals surface area contributed by atoms with Gasteiger partial charge >= 0.3 is 0 Å². The first kappa shape index (κ1) is 21.3. The van der Waals surface area contributed by atoms with Gasteiger partial charge in [-0.15, -0.1) is 0 Å². The average Bonchev–Trinajstić information content (AvgIpc) is 3.45. The molecule has 1 saturated carbocycles. The summed E-state index contributed by atoms with van der Waals surface area (Å²) in [5.41, 5.74) is 0.750. The number of carbonyl (C=O) groups is 2. The van der Waals surface area contributed by atoms with Gasteiger partial charge in [0.15, 0.2) is 9.84 Å². The Morgan fingerprint density at radius 1 is 0.967 bits per heavy atom. The van der Waals surface area contributed by atoms with Crippen molar-refractivity contribution in [3.8, 4) is 0 Å². The zero-order valence-electron chi connectivity index (χ0n) is 17.2. The van der Waals surface area contributed by atoms with Crippen molar-refractivity contribution in [2.45, 2.75) is 31.3 Å². The van der Waals surface area contributed by atoms with Gasteiger partial charge in [-0.25, -0.2) is 8.42 Å². The van der Waals surface area contributed by atoms with E-state index in [0.717, 1.165) is 31.6 Å². The Hall–Kier alpha value is -1.97. The quantitative estimate of drug-likeness (QED) is 0.655. The fourth-order valence-electron chi connectivity index (χ4n) is 4.20. The maximum Gasteiger partial charge on any atom is 0.241 e. The number of para-hydroxylation sites is 1. The Labute approximate surface area is 178 Å². The van der Waals surface area contributed by atoms with Gasteiger partial charge in [0.2, 0.25) is 11.8 Å². The second-order valence-corrected chi connectivity index (χ2v) is 10.8. The molecule has 0 unspecified atom stereocenters. The molecule has 0 aromatic heterocycles. The second kappa shape index (κ2) is 9.03. The van der Waals surface area contributed by atoms with Gasteiger partial charge in [0, 0.05) is 37.9 Å². The predicted octanol–water partition coefficient (Wildman–Crippen LogP) is 0.103. The van der Waals surface area contributed by atoms with Crippen molar-refractivity contribution in [3.05, 3.63) is 30.3 Å². The number of hydrogen-bond acceptors (Lipinski definition) is 6. The van der Waals surface area contributed by atoms with Crippen molar-refractivity contribution < 1.29 is 18.0 Å². The Morgan fingerprint density at radius 2 is 1.60 bits per heavy atom. The first-order valence-corrected chi connectivity index (χ1v) is 12.5. The summed E-state index contributed by atoms with van der Waals surface area (Å²) >= 11 is 0. The van der Waals surface area contributed by atoms with Crippen molar-refractivity contribution in [2.75, 3.05) is 55.7 Å². The largest absolute Gasteiger partial charge is 0.352 e. The molecular formula is C21H30N4O4S. The smallest absolute Gasteiger partial charge is 0.241 e. The van der Waals surface area contributed by atoms with Gasteiger partial charge in [-0.05, 0) is 31.4 Å². The maximum absolute atomic E-state index is 13.2. The van der Waals surface area contributed by atoms with Crippen LogP contribution in [0.2, 0.25) is 0 Å². The third-order valence-electron chi connectivity index (χ3n) is 6.01. The van der Waals surface area contributed by atoms with Crippen LogP contribution in [0, 0.1) is 0 Å². The number of sulfone groups is 1. The normalized spacial score (nSPS) is 24.5. The molecule has 1 N–H and O–H groups in total. The highest BCUT2D eigenvalue weighted by atomic mass is 32.2. The van der Waals surface area contributed by atoms with Crippen molar-refractivity contribution in [1.82, 2.24) is 15.1 Å². The number of rotatable bonds is 7. The molecule has 30 heavy (non-hydrogen) atoms. The van der Waals surface area contributed by atoms with Crippen molar-refractivity contribution in [1.29, 1.82) is 0 Å². The van der Waals surface area contributed by atoms with E-state index >= 15 is 0 Å². The fourth-order valence-corrected chi connectivity index (χ4v) is 5.90. The standard InChI is InChI=1S/C21H30N4O4S/c26-20(22-17-6-7-17)14-23-9-11-24(12-10-23)15-21(27)25(18-4-2-1-3-5-18)19-8-13-30(28,29)16-19/h1-5,17,19H,6-16H2,(H,22,26)/t19-/m1/s1. The summed E-state index contributed by atoms with van der Waals surface area (Å²) in [4.78, 5) is 31.1. The lowest BCUT2D eigenvalue weighted by Gasteiger charge is -2.36. The van der Waals surface area contributed by atoms with Crippen molar-refractivity contribution in [2.24, 2.45) is 0 Å². The molecule has 3 aliphatic rings. The third-order valence-corrected chi connectivity index (χ3v) is 7.76. The monoisotopic (exact) mass is 434 g/mol. The van der Waals surface area contributed by atoms with Gasteiger partial charge in [-0.3, -0.25) is 19.4 Å². The highest BCUT2D eigenvalue weighted by molar-refractivity contribution is 7.91. The third kappa shape index (κ3) is 5.59. The minimum absolute atomic E-state index is 0.0253. The van der Waals surface area contributed by atoms with E-state index in [4.69, 9.17) is 0 Å². The minimum Gasteiger partial charge on any atom is -0.352 e. The second-order valence-electron chi connectivity index (χ2n) is 8.55. The van der Waals surface area contributed by atoms with Gasteiger partial charge in [-0.2, -0.15) is 0 Å². The van der Waals surface area contributed by atoms with Crippen LogP contribution in [0.5, 0.6) is 0 Å². The van der Waals surface area contributed by atoms with Gasteiger partial charge in [0.1, 0.15) is 0 Å². The maximum atomic E-state index is 13.2. The molecule has 2 heterocycles. The summed E-state index contributed by atoms with van der Waals surface area (Å²) in [6.07, 6.45) is 2.65. The van der Waals surface area contributed by atoms with Crippen LogP contribution in [-0.2, 0) is 19.4 Å². The molecule has 9 heteroatoms. The average molecular weight is 435 g/mol. The number of amides is 2. The van der Waals surface area contributed by atoms with E-state index in [9.17, 15) is 18.0 Å². The van der Waals surface area contributed by atoms with Gasteiger partial charge in [0.25, 0.3) is 0 Å². The Kier molecular flexibility index (Phi) is 6.40. The van der Waals surface area contributed by atoms with E-state index in [-0.39, 0.29) is 35.9 Å². The lowest BCUT2D eigenvalue weighted by Crippen LogP contribution is -2.53. The topological polar surface area (TPSA) is 90.0 Å². The van der Waals surface area contributed by atoms with E-state index in [1.165, 1.54) is 0 Å². The number of nitrogens with zero attached hydrogens (tertiary/aromatic N) is 3. The van der Waals surface area contributed by atoms with Gasteiger partial charge < -0.3 is 10.2 Å². The molecule has 1 aromatic rings. The molecule has 2 saturated heterocycles. The molecular weight excluding hydrogens is 404 g/mol. The number of hydrogen-bond donors (Lipinski definition) is 1. The molecule has 3 fully saturated rings. The summed E-state index contributed by atoms with van der Waals surface area (Å²) in [6, 6.07) is 9.40. The van der Waals surface area contributed by atoms with Crippen LogP contribution in [0.25, 0.3) is 0 Å². The molecule has 4 rings (SSSR count).